The number of nitrogens with zero attached hydrogens (tertiary/aromatic N) is 3. The first-order chi connectivity index (χ1) is 13.1. The third-order valence-corrected chi connectivity index (χ3v) is 4.69. The lowest BCUT2D eigenvalue weighted by Gasteiger charge is -2.26. The van der Waals surface area contributed by atoms with Crippen molar-refractivity contribution < 1.29 is 14.6 Å². The zero-order valence-corrected chi connectivity index (χ0v) is 15.0. The highest BCUT2D eigenvalue weighted by atomic mass is 16.5. The summed E-state index contributed by atoms with van der Waals surface area (Å²) < 4.78 is 5.28. The molecule has 0 spiro atoms. The molecule has 0 saturated carbocycles. The van der Waals surface area contributed by atoms with E-state index in [1.165, 1.54) is 0 Å². The molecule has 2 aromatic carbocycles. The number of aromatic nitrogens is 2. The fraction of sp³-hybridized carbons (Fsp3) is 0.250. The molecule has 1 aromatic heterocycles. The van der Waals surface area contributed by atoms with E-state index in [2.05, 4.69) is 15.3 Å². The van der Waals surface area contributed by atoms with Crippen LogP contribution in [0.2, 0.25) is 0 Å². The van der Waals surface area contributed by atoms with Crippen molar-refractivity contribution in [1.29, 1.82) is 0 Å². The number of carbonyl (C=O) groups excluding carboxylic acids is 1. The highest BCUT2D eigenvalue weighted by molar-refractivity contribution is 5.94. The summed E-state index contributed by atoms with van der Waals surface area (Å²) in [7, 11) is 0. The van der Waals surface area contributed by atoms with Gasteiger partial charge in [-0.3, -0.25) is 4.79 Å². The molecule has 27 heavy (non-hydrogen) atoms. The van der Waals surface area contributed by atoms with Gasteiger partial charge in [0.25, 0.3) is 5.91 Å². The number of phenolic OH excluding ortho intramolecular Hbond substituents is 1. The van der Waals surface area contributed by atoms with E-state index >= 15 is 0 Å². The van der Waals surface area contributed by atoms with Gasteiger partial charge in [0.05, 0.1) is 18.7 Å². The first-order valence-corrected chi connectivity index (χ1v) is 8.81. The first kappa shape index (κ1) is 17.2. The van der Waals surface area contributed by atoms with Gasteiger partial charge in [0.2, 0.25) is 5.95 Å². The van der Waals surface area contributed by atoms with Crippen molar-refractivity contribution in [2.45, 2.75) is 6.92 Å². The molecular formula is C20H20N4O3. The third kappa shape index (κ3) is 3.54. The fourth-order valence-electron chi connectivity index (χ4n) is 3.07. The summed E-state index contributed by atoms with van der Waals surface area (Å²) in [4.78, 5) is 23.1. The molecule has 138 valence electrons. The maximum absolute atomic E-state index is 12.5. The summed E-state index contributed by atoms with van der Waals surface area (Å²) in [5.74, 6) is 0.703. The summed E-state index contributed by atoms with van der Waals surface area (Å²) in [6.07, 6.45) is 1.69. The number of hydrogen-bond acceptors (Lipinski definition) is 6. The Morgan fingerprint density at radius 2 is 1.89 bits per heavy atom. The molecule has 2 N–H and O–H groups in total. The highest BCUT2D eigenvalue weighted by Crippen LogP contribution is 2.25. The number of anilines is 2. The Bertz CT molecular complexity index is 982. The van der Waals surface area contributed by atoms with Crippen molar-refractivity contribution in [3.63, 3.8) is 0 Å². The van der Waals surface area contributed by atoms with Crippen LogP contribution in [-0.2, 0) is 4.74 Å². The van der Waals surface area contributed by atoms with Crippen molar-refractivity contribution in [2.24, 2.45) is 0 Å². The maximum atomic E-state index is 12.5. The van der Waals surface area contributed by atoms with Gasteiger partial charge in [-0.1, -0.05) is 0 Å². The van der Waals surface area contributed by atoms with Crippen LogP contribution in [-0.4, -0.2) is 52.2 Å². The zero-order valence-electron chi connectivity index (χ0n) is 15.0. The number of nitrogens with one attached hydrogen (secondary N) is 1. The number of fused-ring (bicyclic) bond motifs is 1. The van der Waals surface area contributed by atoms with Gasteiger partial charge in [0.1, 0.15) is 5.75 Å². The second-order valence-corrected chi connectivity index (χ2v) is 6.44. The summed E-state index contributed by atoms with van der Waals surface area (Å²) >= 11 is 0. The van der Waals surface area contributed by atoms with E-state index in [1.807, 2.05) is 19.1 Å². The highest BCUT2D eigenvalue weighted by Gasteiger charge is 2.18. The molecule has 4 rings (SSSR count). The molecule has 0 atom stereocenters. The number of aryl methyl sites for hydroxylation is 1. The van der Waals surface area contributed by atoms with Gasteiger partial charge in [-0.05, 0) is 43.3 Å². The van der Waals surface area contributed by atoms with E-state index in [0.29, 0.717) is 37.8 Å². The van der Waals surface area contributed by atoms with Gasteiger partial charge in [-0.15, -0.1) is 0 Å². The Kier molecular flexibility index (Phi) is 4.60. The fourth-order valence-corrected chi connectivity index (χ4v) is 3.07. The minimum atomic E-state index is 0.0158. The molecule has 0 aliphatic carbocycles. The van der Waals surface area contributed by atoms with Crippen molar-refractivity contribution >= 4 is 28.4 Å². The molecule has 0 unspecified atom stereocenters. The van der Waals surface area contributed by atoms with Crippen molar-refractivity contribution in [2.75, 3.05) is 31.6 Å². The van der Waals surface area contributed by atoms with Crippen LogP contribution in [0.3, 0.4) is 0 Å². The van der Waals surface area contributed by atoms with Gasteiger partial charge < -0.3 is 20.1 Å². The van der Waals surface area contributed by atoms with Gasteiger partial charge in [-0.25, -0.2) is 9.97 Å². The van der Waals surface area contributed by atoms with Crippen molar-refractivity contribution in [1.82, 2.24) is 14.9 Å². The number of hydrogen-bond donors (Lipinski definition) is 2. The predicted molar refractivity (Wildman–Crippen MR) is 102 cm³/mol. The lowest BCUT2D eigenvalue weighted by molar-refractivity contribution is 0.0303. The molecule has 0 bridgehead atoms. The minimum Gasteiger partial charge on any atom is -0.508 e. The number of carbonyl (C=O) groups is 1. The first-order valence-electron chi connectivity index (χ1n) is 8.81. The van der Waals surface area contributed by atoms with Gasteiger partial charge in [0, 0.05) is 41.5 Å². The summed E-state index contributed by atoms with van der Waals surface area (Å²) in [5.41, 5.74) is 2.95. The zero-order chi connectivity index (χ0) is 18.8. The Morgan fingerprint density at radius 1 is 1.15 bits per heavy atom. The minimum absolute atomic E-state index is 0.0158. The largest absolute Gasteiger partial charge is 0.508 e. The SMILES string of the molecule is Cc1c(O)ccc2nc(Nc3ccc(C(=O)N4CCOCC4)cc3)ncc12. The number of aromatic hydroxyl groups is 1. The van der Waals surface area contributed by atoms with Crippen molar-refractivity contribution in [3.05, 3.63) is 53.7 Å². The molecular weight excluding hydrogens is 344 g/mol. The van der Waals surface area contributed by atoms with E-state index in [0.717, 1.165) is 22.2 Å². The lowest BCUT2D eigenvalue weighted by Crippen LogP contribution is -2.40. The Hall–Kier alpha value is -3.19. The molecule has 1 aliphatic rings. The molecule has 1 fully saturated rings. The molecule has 2 heterocycles. The molecule has 1 saturated heterocycles. The van der Waals surface area contributed by atoms with Crippen LogP contribution in [0.4, 0.5) is 11.6 Å². The standard InChI is InChI=1S/C20H20N4O3/c1-13-16-12-21-20(23-17(16)6-7-18(13)25)22-15-4-2-14(3-5-15)19(26)24-8-10-27-11-9-24/h2-7,12,25H,8-11H2,1H3,(H,21,22,23). The number of amides is 1. The maximum Gasteiger partial charge on any atom is 0.254 e. The van der Waals surface area contributed by atoms with Crippen LogP contribution in [0.1, 0.15) is 15.9 Å². The molecule has 7 nitrogen and oxygen atoms in total. The molecule has 0 radical (unpaired) electrons. The van der Waals surface area contributed by atoms with Crippen LogP contribution in [0.25, 0.3) is 10.9 Å². The molecule has 7 heteroatoms. The van der Waals surface area contributed by atoms with Crippen LogP contribution in [0.15, 0.2) is 42.6 Å². The predicted octanol–water partition coefficient (Wildman–Crippen LogP) is 2.86. The van der Waals surface area contributed by atoms with E-state index in [1.54, 1.807) is 35.4 Å². The van der Waals surface area contributed by atoms with E-state index < -0.39 is 0 Å². The normalized spacial score (nSPS) is 14.3. The molecule has 3 aromatic rings. The smallest absolute Gasteiger partial charge is 0.254 e. The molecule has 1 aliphatic heterocycles. The topological polar surface area (TPSA) is 87.6 Å². The third-order valence-electron chi connectivity index (χ3n) is 4.69. The second kappa shape index (κ2) is 7.20. The van der Waals surface area contributed by atoms with Crippen molar-refractivity contribution in [3.8, 4) is 5.75 Å². The molecule has 1 amide bonds. The summed E-state index contributed by atoms with van der Waals surface area (Å²) in [6.45, 7) is 4.25. The van der Waals surface area contributed by atoms with Gasteiger partial charge in [-0.2, -0.15) is 0 Å². The van der Waals surface area contributed by atoms with Crippen LogP contribution in [0, 0.1) is 6.92 Å². The number of benzene rings is 2. The van der Waals surface area contributed by atoms with Crippen LogP contribution >= 0.6 is 0 Å². The number of rotatable bonds is 3. The monoisotopic (exact) mass is 364 g/mol. The average molecular weight is 364 g/mol. The van der Waals surface area contributed by atoms with E-state index in [4.69, 9.17) is 4.74 Å². The Labute approximate surface area is 156 Å². The summed E-state index contributed by atoms with van der Waals surface area (Å²) in [6, 6.07) is 10.6. The van der Waals surface area contributed by atoms with Crippen LogP contribution in [0.5, 0.6) is 5.75 Å². The summed E-state index contributed by atoms with van der Waals surface area (Å²) in [5, 5.41) is 13.7. The van der Waals surface area contributed by atoms with Crippen LogP contribution < -0.4 is 5.32 Å². The van der Waals surface area contributed by atoms with Gasteiger partial charge >= 0.3 is 0 Å². The number of ether oxygens (including phenoxy) is 1. The van der Waals surface area contributed by atoms with Gasteiger partial charge in [0.15, 0.2) is 0 Å². The van der Waals surface area contributed by atoms with E-state index in [9.17, 15) is 9.90 Å². The van der Waals surface area contributed by atoms with E-state index in [-0.39, 0.29) is 11.7 Å². The Morgan fingerprint density at radius 3 is 2.63 bits per heavy atom. The number of morpholine rings is 1. The second-order valence-electron chi connectivity index (χ2n) is 6.44. The Balaban J connectivity index is 1.50. The average Bonchev–Trinajstić information content (AvgIpc) is 2.71. The lowest BCUT2D eigenvalue weighted by atomic mass is 10.1. The number of phenols is 1. The quantitative estimate of drug-likeness (QED) is 0.743.